The van der Waals surface area contributed by atoms with E-state index in [2.05, 4.69) is 4.98 Å². The van der Waals surface area contributed by atoms with Gasteiger partial charge in [0.25, 0.3) is 5.91 Å². The first kappa shape index (κ1) is 19.2. The minimum Gasteiger partial charge on any atom is -0.355 e. The molecule has 0 unspecified atom stereocenters. The molecule has 0 atom stereocenters. The minimum atomic E-state index is -4.62. The van der Waals surface area contributed by atoms with Gasteiger partial charge in [-0.05, 0) is 18.9 Å². The summed E-state index contributed by atoms with van der Waals surface area (Å²) in [5, 5.41) is 9.19. The summed E-state index contributed by atoms with van der Waals surface area (Å²) in [6.07, 6.45) is -2.28. The third-order valence-electron chi connectivity index (χ3n) is 4.58. The van der Waals surface area contributed by atoms with Gasteiger partial charge in [-0.2, -0.15) is 18.4 Å². The summed E-state index contributed by atoms with van der Waals surface area (Å²) in [5.41, 5.74) is 0.338. The Kier molecular flexibility index (Phi) is 5.15. The number of pyridine rings is 1. The van der Waals surface area contributed by atoms with Crippen molar-refractivity contribution in [3.63, 3.8) is 0 Å². The third kappa shape index (κ3) is 4.08. The second-order valence-corrected chi connectivity index (χ2v) is 6.77. The topological polar surface area (TPSA) is 80.5 Å². The van der Waals surface area contributed by atoms with Gasteiger partial charge in [-0.15, -0.1) is 0 Å². The number of rotatable bonds is 3. The van der Waals surface area contributed by atoms with Crippen LogP contribution in [-0.4, -0.2) is 65.1 Å². The van der Waals surface area contributed by atoms with E-state index in [-0.39, 0.29) is 17.5 Å². The van der Waals surface area contributed by atoms with Gasteiger partial charge >= 0.3 is 12.2 Å². The molecule has 1 aromatic rings. The van der Waals surface area contributed by atoms with Crippen molar-refractivity contribution in [2.45, 2.75) is 25.1 Å². The van der Waals surface area contributed by atoms with E-state index in [1.54, 1.807) is 0 Å². The maximum Gasteiger partial charge on any atom is 0.406 e. The zero-order valence-corrected chi connectivity index (χ0v) is 14.8. The van der Waals surface area contributed by atoms with Crippen LogP contribution in [0.2, 0.25) is 5.02 Å². The number of piperidine rings is 1. The fourth-order valence-electron chi connectivity index (χ4n) is 3.29. The molecule has 144 valence electrons. The van der Waals surface area contributed by atoms with Crippen LogP contribution in [0, 0.1) is 11.3 Å². The molecule has 3 rings (SSSR count). The quantitative estimate of drug-likeness (QED) is 0.726. The Hall–Kier alpha value is -2.54. The predicted molar refractivity (Wildman–Crippen MR) is 89.1 cm³/mol. The summed E-state index contributed by atoms with van der Waals surface area (Å²) in [4.78, 5) is 31.6. The van der Waals surface area contributed by atoms with E-state index in [4.69, 9.17) is 16.9 Å². The van der Waals surface area contributed by atoms with Crippen LogP contribution in [0.3, 0.4) is 0 Å². The molecule has 0 aliphatic carbocycles. The Bertz CT molecular complexity index is 802. The molecule has 0 radical (unpaired) electrons. The number of carbonyl (C=O) groups excluding carboxylic acids is 2. The van der Waals surface area contributed by atoms with Crippen LogP contribution >= 0.6 is 11.6 Å². The Balaban J connectivity index is 1.64. The average Bonchev–Trinajstić information content (AvgIpc) is 2.88. The number of urea groups is 1. The van der Waals surface area contributed by atoms with Crippen LogP contribution in [-0.2, 0) is 4.79 Å². The molecule has 2 aliphatic heterocycles. The van der Waals surface area contributed by atoms with Gasteiger partial charge in [0.15, 0.2) is 0 Å². The van der Waals surface area contributed by atoms with Gasteiger partial charge in [-0.3, -0.25) is 9.69 Å². The SMILES string of the molecule is N#Cc1cnc(N2CCC(N3CC(=O)N(CC(F)(F)F)C3=O)CC2)c(Cl)c1. The minimum absolute atomic E-state index is 0.255. The molecule has 3 amide bonds. The zero-order valence-electron chi connectivity index (χ0n) is 14.0. The molecule has 2 fully saturated rings. The maximum absolute atomic E-state index is 12.5. The number of halogens is 4. The number of hydrogen-bond acceptors (Lipinski definition) is 5. The van der Waals surface area contributed by atoms with Crippen molar-refractivity contribution in [1.29, 1.82) is 5.26 Å². The Morgan fingerprint density at radius 2 is 1.96 bits per heavy atom. The number of nitrogens with zero attached hydrogens (tertiary/aromatic N) is 5. The van der Waals surface area contributed by atoms with E-state index in [1.807, 2.05) is 11.0 Å². The summed E-state index contributed by atoms with van der Waals surface area (Å²) in [6, 6.07) is 2.23. The lowest BCUT2D eigenvalue weighted by molar-refractivity contribution is -0.151. The van der Waals surface area contributed by atoms with Gasteiger partial charge in [0.2, 0.25) is 0 Å². The van der Waals surface area contributed by atoms with Crippen molar-refractivity contribution in [3.05, 3.63) is 22.8 Å². The highest BCUT2D eigenvalue weighted by atomic mass is 35.5. The fourth-order valence-corrected chi connectivity index (χ4v) is 3.58. The molecule has 3 heterocycles. The monoisotopic (exact) mass is 401 g/mol. The van der Waals surface area contributed by atoms with Crippen molar-refractivity contribution in [2.24, 2.45) is 0 Å². The highest BCUT2D eigenvalue weighted by Gasteiger charge is 2.45. The molecule has 0 aromatic carbocycles. The molecular weight excluding hydrogens is 387 g/mol. The van der Waals surface area contributed by atoms with Gasteiger partial charge in [0.05, 0.1) is 10.6 Å². The van der Waals surface area contributed by atoms with Crippen molar-refractivity contribution >= 4 is 29.4 Å². The van der Waals surface area contributed by atoms with E-state index in [1.165, 1.54) is 17.2 Å². The molecule has 0 N–H and O–H groups in total. The number of nitriles is 1. The van der Waals surface area contributed by atoms with Gasteiger partial charge in [-0.25, -0.2) is 9.78 Å². The molecule has 0 saturated carbocycles. The van der Waals surface area contributed by atoms with Crippen LogP contribution < -0.4 is 4.90 Å². The Morgan fingerprint density at radius 3 is 2.52 bits per heavy atom. The predicted octanol–water partition coefficient (Wildman–Crippen LogP) is 2.40. The number of amides is 3. The summed E-state index contributed by atoms with van der Waals surface area (Å²) in [6.45, 7) is -0.957. The van der Waals surface area contributed by atoms with E-state index in [9.17, 15) is 22.8 Å². The van der Waals surface area contributed by atoms with Crippen molar-refractivity contribution in [1.82, 2.24) is 14.8 Å². The number of carbonyl (C=O) groups is 2. The van der Waals surface area contributed by atoms with E-state index in [0.29, 0.717) is 42.3 Å². The molecule has 0 bridgehead atoms. The van der Waals surface area contributed by atoms with Crippen LogP contribution in [0.1, 0.15) is 18.4 Å². The van der Waals surface area contributed by atoms with Crippen LogP contribution in [0.25, 0.3) is 0 Å². The Morgan fingerprint density at radius 1 is 1.30 bits per heavy atom. The van der Waals surface area contributed by atoms with E-state index in [0.717, 1.165) is 0 Å². The first-order valence-electron chi connectivity index (χ1n) is 8.18. The molecule has 0 spiro atoms. The molecule has 2 saturated heterocycles. The summed E-state index contributed by atoms with van der Waals surface area (Å²) in [7, 11) is 0. The zero-order chi connectivity index (χ0) is 19.8. The van der Waals surface area contributed by atoms with E-state index >= 15 is 0 Å². The van der Waals surface area contributed by atoms with Gasteiger partial charge in [-0.1, -0.05) is 11.6 Å². The second kappa shape index (κ2) is 7.23. The third-order valence-corrected chi connectivity index (χ3v) is 4.85. The summed E-state index contributed by atoms with van der Waals surface area (Å²) < 4.78 is 37.6. The number of alkyl halides is 3. The lowest BCUT2D eigenvalue weighted by atomic mass is 10.0. The first-order valence-corrected chi connectivity index (χ1v) is 8.55. The number of imide groups is 1. The summed E-state index contributed by atoms with van der Waals surface area (Å²) in [5.74, 6) is -0.326. The highest BCUT2D eigenvalue weighted by molar-refractivity contribution is 6.33. The second-order valence-electron chi connectivity index (χ2n) is 6.36. The summed E-state index contributed by atoms with van der Waals surface area (Å²) >= 11 is 6.15. The van der Waals surface area contributed by atoms with Crippen LogP contribution in [0.15, 0.2) is 12.3 Å². The maximum atomic E-state index is 12.5. The van der Waals surface area contributed by atoms with Gasteiger partial charge < -0.3 is 9.80 Å². The Labute approximate surface area is 157 Å². The largest absolute Gasteiger partial charge is 0.406 e. The molecule has 2 aliphatic rings. The van der Waals surface area contributed by atoms with Crippen molar-refractivity contribution < 1.29 is 22.8 Å². The van der Waals surface area contributed by atoms with E-state index < -0.39 is 24.7 Å². The average molecular weight is 402 g/mol. The number of aromatic nitrogens is 1. The molecular formula is C16H15ClF3N5O2. The highest BCUT2D eigenvalue weighted by Crippen LogP contribution is 2.30. The number of hydrogen-bond donors (Lipinski definition) is 0. The molecule has 7 nitrogen and oxygen atoms in total. The molecule has 11 heteroatoms. The lowest BCUT2D eigenvalue weighted by Crippen LogP contribution is -2.47. The lowest BCUT2D eigenvalue weighted by Gasteiger charge is -2.37. The molecule has 1 aromatic heterocycles. The smallest absolute Gasteiger partial charge is 0.355 e. The molecule has 27 heavy (non-hydrogen) atoms. The van der Waals surface area contributed by atoms with Crippen LogP contribution in [0.5, 0.6) is 0 Å². The van der Waals surface area contributed by atoms with Crippen molar-refractivity contribution in [3.8, 4) is 6.07 Å². The standard InChI is InChI=1S/C16H15ClF3N5O2/c17-12-5-10(6-21)7-22-14(12)23-3-1-11(2-4-23)24-8-13(26)25(15(24)27)9-16(18,19)20/h5,7,11H,1-4,8-9H2. The van der Waals surface area contributed by atoms with Gasteiger partial charge in [0.1, 0.15) is 25.0 Å². The van der Waals surface area contributed by atoms with Gasteiger partial charge in [0, 0.05) is 25.3 Å². The normalized spacial score (nSPS) is 19.0. The van der Waals surface area contributed by atoms with Crippen molar-refractivity contribution in [2.75, 3.05) is 31.1 Å². The fraction of sp³-hybridized carbons (Fsp3) is 0.500. The number of anilines is 1. The first-order chi connectivity index (χ1) is 12.7. The van der Waals surface area contributed by atoms with Crippen LogP contribution in [0.4, 0.5) is 23.8 Å².